The van der Waals surface area contributed by atoms with Gasteiger partial charge in [-0.25, -0.2) is 0 Å². The topological polar surface area (TPSA) is 26.3 Å². The molecule has 2 nitrogen and oxygen atoms in total. The summed E-state index contributed by atoms with van der Waals surface area (Å²) in [6, 6.07) is 10.7. The first kappa shape index (κ1) is 15.5. The molecule has 1 fully saturated rings. The van der Waals surface area contributed by atoms with E-state index in [-0.39, 0.29) is 5.60 Å². The van der Waals surface area contributed by atoms with Crippen molar-refractivity contribution in [3.63, 3.8) is 0 Å². The van der Waals surface area contributed by atoms with Crippen LogP contribution in [-0.4, -0.2) is 20.2 Å². The van der Waals surface area contributed by atoms with E-state index in [1.165, 1.54) is 5.56 Å². The van der Waals surface area contributed by atoms with E-state index in [0.29, 0.717) is 12.3 Å². The van der Waals surface area contributed by atoms with Crippen LogP contribution in [0.25, 0.3) is 0 Å². The number of aldehydes is 1. The molecule has 0 N–H and O–H groups in total. The molecule has 1 aromatic rings. The van der Waals surface area contributed by atoms with Crippen molar-refractivity contribution >= 4 is 14.6 Å². The second kappa shape index (κ2) is 6.23. The van der Waals surface area contributed by atoms with Gasteiger partial charge in [0.1, 0.15) is 6.29 Å². The van der Waals surface area contributed by atoms with Crippen molar-refractivity contribution in [2.75, 3.05) is 0 Å². The first-order valence-electron chi connectivity index (χ1n) is 7.63. The summed E-state index contributed by atoms with van der Waals surface area (Å²) in [5.74, 6) is 0.626. The van der Waals surface area contributed by atoms with Gasteiger partial charge in [0.15, 0.2) is 8.32 Å². The van der Waals surface area contributed by atoms with Crippen LogP contribution in [0.3, 0.4) is 0 Å². The second-order valence-electron chi connectivity index (χ2n) is 6.95. The van der Waals surface area contributed by atoms with Crippen LogP contribution in [0.1, 0.15) is 43.6 Å². The zero-order valence-electron chi connectivity index (χ0n) is 12.9. The first-order valence-corrected chi connectivity index (χ1v) is 11.0. The van der Waals surface area contributed by atoms with E-state index >= 15 is 0 Å². The first-order chi connectivity index (χ1) is 9.44. The highest BCUT2D eigenvalue weighted by atomic mass is 28.4. The third kappa shape index (κ3) is 4.03. The number of hydrogen-bond donors (Lipinski definition) is 0. The fourth-order valence-corrected chi connectivity index (χ4v) is 4.94. The monoisotopic (exact) mass is 290 g/mol. The predicted molar refractivity (Wildman–Crippen MR) is 85.5 cm³/mol. The van der Waals surface area contributed by atoms with E-state index in [0.717, 1.165) is 32.0 Å². The second-order valence-corrected chi connectivity index (χ2v) is 11.4. The summed E-state index contributed by atoms with van der Waals surface area (Å²) < 4.78 is 6.40. The van der Waals surface area contributed by atoms with Crippen molar-refractivity contribution in [1.82, 2.24) is 0 Å². The lowest BCUT2D eigenvalue weighted by Crippen LogP contribution is -2.45. The third-order valence-electron chi connectivity index (χ3n) is 4.15. The molecule has 0 aromatic heterocycles. The van der Waals surface area contributed by atoms with Crippen LogP contribution < -0.4 is 0 Å². The fourth-order valence-electron chi connectivity index (χ4n) is 3.35. The maximum Gasteiger partial charge on any atom is 0.184 e. The van der Waals surface area contributed by atoms with E-state index in [4.69, 9.17) is 4.43 Å². The quantitative estimate of drug-likeness (QED) is 0.588. The molecule has 110 valence electrons. The lowest BCUT2D eigenvalue weighted by atomic mass is 9.75. The molecule has 0 amide bonds. The van der Waals surface area contributed by atoms with Crippen LogP contribution in [0, 0.1) is 0 Å². The Labute approximate surface area is 123 Å². The van der Waals surface area contributed by atoms with Crippen molar-refractivity contribution in [2.45, 2.75) is 63.3 Å². The minimum atomic E-state index is -1.61. The molecule has 0 bridgehead atoms. The average Bonchev–Trinajstić information content (AvgIpc) is 2.39. The largest absolute Gasteiger partial charge is 0.412 e. The standard InChI is InChI=1S/C17H26O2Si/c1-20(2,3)19-17(13-14-18)11-9-16(10-12-17)15-7-5-4-6-8-15/h4-8,14,16H,9-13H2,1-3H3. The smallest absolute Gasteiger partial charge is 0.184 e. The van der Waals surface area contributed by atoms with Crippen LogP contribution in [0.5, 0.6) is 0 Å². The zero-order valence-corrected chi connectivity index (χ0v) is 13.9. The molecular weight excluding hydrogens is 264 g/mol. The maximum absolute atomic E-state index is 11.1. The molecule has 0 aliphatic heterocycles. The molecule has 0 radical (unpaired) electrons. The molecule has 0 saturated heterocycles. The summed E-state index contributed by atoms with van der Waals surface area (Å²) in [6.45, 7) is 6.63. The molecule has 0 atom stereocenters. The Kier molecular flexibility index (Phi) is 4.81. The van der Waals surface area contributed by atoms with Crippen molar-refractivity contribution < 1.29 is 9.22 Å². The Hall–Kier alpha value is -0.933. The lowest BCUT2D eigenvalue weighted by molar-refractivity contribution is -0.112. The van der Waals surface area contributed by atoms with E-state index in [1.54, 1.807) is 0 Å². The highest BCUT2D eigenvalue weighted by Crippen LogP contribution is 2.42. The Morgan fingerprint density at radius 1 is 1.20 bits per heavy atom. The summed E-state index contributed by atoms with van der Waals surface area (Å²) >= 11 is 0. The minimum absolute atomic E-state index is 0.183. The highest BCUT2D eigenvalue weighted by Gasteiger charge is 2.39. The SMILES string of the molecule is C[Si](C)(C)OC1(CC=O)CCC(c2ccccc2)CC1. The molecule has 2 rings (SSSR count). The van der Waals surface area contributed by atoms with Crippen molar-refractivity contribution in [3.8, 4) is 0 Å². The van der Waals surface area contributed by atoms with Gasteiger partial charge in [-0.2, -0.15) is 0 Å². The number of rotatable bonds is 5. The van der Waals surface area contributed by atoms with Crippen LogP contribution >= 0.6 is 0 Å². The van der Waals surface area contributed by atoms with Crippen LogP contribution in [0.2, 0.25) is 19.6 Å². The van der Waals surface area contributed by atoms with E-state index in [2.05, 4.69) is 50.0 Å². The molecule has 3 heteroatoms. The van der Waals surface area contributed by atoms with Crippen LogP contribution in [0.4, 0.5) is 0 Å². The lowest BCUT2D eigenvalue weighted by Gasteiger charge is -2.43. The summed E-state index contributed by atoms with van der Waals surface area (Å²) in [4.78, 5) is 11.1. The minimum Gasteiger partial charge on any atom is -0.412 e. The molecule has 0 spiro atoms. The van der Waals surface area contributed by atoms with Gasteiger partial charge in [-0.3, -0.25) is 0 Å². The number of carbonyl (C=O) groups is 1. The summed E-state index contributed by atoms with van der Waals surface area (Å²) in [5.41, 5.74) is 1.25. The Balaban J connectivity index is 2.04. The van der Waals surface area contributed by atoms with Gasteiger partial charge in [0.25, 0.3) is 0 Å². The van der Waals surface area contributed by atoms with E-state index in [9.17, 15) is 4.79 Å². The normalized spacial score (nSPS) is 27.2. The fraction of sp³-hybridized carbons (Fsp3) is 0.588. The van der Waals surface area contributed by atoms with Gasteiger partial charge in [-0.15, -0.1) is 0 Å². The Bertz CT molecular complexity index is 428. The van der Waals surface area contributed by atoms with Crippen molar-refractivity contribution in [3.05, 3.63) is 35.9 Å². The Morgan fingerprint density at radius 3 is 2.30 bits per heavy atom. The van der Waals surface area contributed by atoms with Crippen LogP contribution in [-0.2, 0) is 9.22 Å². The molecular formula is C17H26O2Si. The van der Waals surface area contributed by atoms with E-state index < -0.39 is 8.32 Å². The summed E-state index contributed by atoms with van der Waals surface area (Å²) in [7, 11) is -1.61. The number of hydrogen-bond acceptors (Lipinski definition) is 2. The van der Waals surface area contributed by atoms with Gasteiger partial charge in [-0.05, 0) is 56.8 Å². The van der Waals surface area contributed by atoms with E-state index in [1.807, 2.05) is 0 Å². The molecule has 1 aliphatic carbocycles. The average molecular weight is 290 g/mol. The van der Waals surface area contributed by atoms with Gasteiger partial charge < -0.3 is 9.22 Å². The Morgan fingerprint density at radius 2 is 1.80 bits per heavy atom. The van der Waals surface area contributed by atoms with Crippen molar-refractivity contribution in [1.29, 1.82) is 0 Å². The molecule has 0 heterocycles. The summed E-state index contributed by atoms with van der Waals surface area (Å²) in [6.07, 6.45) is 5.87. The number of benzene rings is 1. The van der Waals surface area contributed by atoms with Gasteiger partial charge >= 0.3 is 0 Å². The zero-order chi connectivity index (χ0) is 14.6. The third-order valence-corrected chi connectivity index (χ3v) is 5.19. The molecule has 1 aromatic carbocycles. The van der Waals surface area contributed by atoms with Gasteiger partial charge in [0, 0.05) is 6.42 Å². The number of carbonyl (C=O) groups excluding carboxylic acids is 1. The van der Waals surface area contributed by atoms with Gasteiger partial charge in [0.05, 0.1) is 5.60 Å². The molecule has 1 aliphatic rings. The van der Waals surface area contributed by atoms with Gasteiger partial charge in [-0.1, -0.05) is 30.3 Å². The summed E-state index contributed by atoms with van der Waals surface area (Å²) in [5, 5.41) is 0. The predicted octanol–water partition coefficient (Wildman–Crippen LogP) is 4.52. The van der Waals surface area contributed by atoms with Crippen molar-refractivity contribution in [2.24, 2.45) is 0 Å². The van der Waals surface area contributed by atoms with Crippen LogP contribution in [0.15, 0.2) is 30.3 Å². The maximum atomic E-state index is 11.1. The molecule has 0 unspecified atom stereocenters. The van der Waals surface area contributed by atoms with Gasteiger partial charge in [0.2, 0.25) is 0 Å². The molecule has 1 saturated carbocycles. The highest BCUT2D eigenvalue weighted by molar-refractivity contribution is 6.69. The molecule has 20 heavy (non-hydrogen) atoms.